The SMILES string of the molecule is Cc1ccccc1S(=O)(=O)N1CC(F)(F)C[C@@]2(CCNC2=O)C1. The first kappa shape index (κ1) is 16.3. The molecule has 5 nitrogen and oxygen atoms in total. The zero-order chi connectivity index (χ0) is 16.9. The van der Waals surface area contributed by atoms with Crippen molar-refractivity contribution < 1.29 is 22.0 Å². The number of piperidine rings is 1. The van der Waals surface area contributed by atoms with Crippen LogP contribution in [0.2, 0.25) is 0 Å². The summed E-state index contributed by atoms with van der Waals surface area (Å²) in [6, 6.07) is 6.26. The Labute approximate surface area is 133 Å². The van der Waals surface area contributed by atoms with Gasteiger partial charge in [0.1, 0.15) is 0 Å². The van der Waals surface area contributed by atoms with Crippen molar-refractivity contribution in [1.29, 1.82) is 0 Å². The van der Waals surface area contributed by atoms with Crippen LogP contribution in [0.25, 0.3) is 0 Å². The van der Waals surface area contributed by atoms with Gasteiger partial charge in [0, 0.05) is 19.5 Å². The zero-order valence-electron chi connectivity index (χ0n) is 12.7. The maximum absolute atomic E-state index is 14.2. The lowest BCUT2D eigenvalue weighted by atomic mass is 9.78. The van der Waals surface area contributed by atoms with Crippen molar-refractivity contribution >= 4 is 15.9 Å². The van der Waals surface area contributed by atoms with Crippen LogP contribution in [0, 0.1) is 12.3 Å². The molecule has 0 saturated carbocycles. The monoisotopic (exact) mass is 344 g/mol. The lowest BCUT2D eigenvalue weighted by Gasteiger charge is -2.41. The van der Waals surface area contributed by atoms with E-state index in [1.807, 2.05) is 0 Å². The van der Waals surface area contributed by atoms with Gasteiger partial charge in [-0.05, 0) is 25.0 Å². The van der Waals surface area contributed by atoms with Crippen LogP contribution in [0.4, 0.5) is 8.78 Å². The van der Waals surface area contributed by atoms with E-state index in [0.29, 0.717) is 12.1 Å². The van der Waals surface area contributed by atoms with Crippen LogP contribution in [-0.4, -0.2) is 44.2 Å². The van der Waals surface area contributed by atoms with Gasteiger partial charge in [-0.1, -0.05) is 18.2 Å². The van der Waals surface area contributed by atoms with Crippen LogP contribution in [0.3, 0.4) is 0 Å². The topological polar surface area (TPSA) is 66.5 Å². The highest BCUT2D eigenvalue weighted by Gasteiger charge is 2.57. The minimum atomic E-state index is -4.08. The minimum Gasteiger partial charge on any atom is -0.356 e. The molecule has 2 aliphatic rings. The van der Waals surface area contributed by atoms with E-state index in [4.69, 9.17) is 0 Å². The quantitative estimate of drug-likeness (QED) is 0.885. The maximum Gasteiger partial charge on any atom is 0.262 e. The molecular formula is C15H18F2N2O3S. The third kappa shape index (κ3) is 2.74. The van der Waals surface area contributed by atoms with Crippen LogP contribution in [0.5, 0.6) is 0 Å². The second-order valence-corrected chi connectivity index (χ2v) is 8.26. The Hall–Kier alpha value is -1.54. The van der Waals surface area contributed by atoms with Crippen LogP contribution < -0.4 is 5.32 Å². The molecule has 0 aromatic heterocycles. The molecule has 0 unspecified atom stereocenters. The van der Waals surface area contributed by atoms with Crippen molar-refractivity contribution in [1.82, 2.24) is 9.62 Å². The fourth-order valence-electron chi connectivity index (χ4n) is 3.45. The molecule has 126 valence electrons. The van der Waals surface area contributed by atoms with E-state index in [0.717, 1.165) is 4.31 Å². The van der Waals surface area contributed by atoms with E-state index in [1.165, 1.54) is 6.07 Å². The smallest absolute Gasteiger partial charge is 0.262 e. The summed E-state index contributed by atoms with van der Waals surface area (Å²) >= 11 is 0. The Bertz CT molecular complexity index is 751. The summed E-state index contributed by atoms with van der Waals surface area (Å²) in [6.45, 7) is 0.823. The van der Waals surface area contributed by atoms with Gasteiger partial charge in [-0.15, -0.1) is 0 Å². The lowest BCUT2D eigenvalue weighted by molar-refractivity contribution is -0.142. The number of nitrogens with one attached hydrogen (secondary N) is 1. The molecule has 2 heterocycles. The van der Waals surface area contributed by atoms with E-state index in [2.05, 4.69) is 5.32 Å². The predicted octanol–water partition coefficient (Wildman–Crippen LogP) is 1.53. The molecule has 1 atom stereocenters. The number of amides is 1. The van der Waals surface area contributed by atoms with E-state index >= 15 is 0 Å². The maximum atomic E-state index is 14.2. The number of hydrogen-bond donors (Lipinski definition) is 1. The molecule has 2 saturated heterocycles. The number of aryl methyl sites for hydroxylation is 1. The normalized spacial score (nSPS) is 28.0. The molecule has 2 fully saturated rings. The molecule has 1 spiro atoms. The zero-order valence-corrected chi connectivity index (χ0v) is 13.5. The van der Waals surface area contributed by atoms with Gasteiger partial charge in [0.25, 0.3) is 5.92 Å². The molecule has 2 aliphatic heterocycles. The van der Waals surface area contributed by atoms with Crippen LogP contribution in [-0.2, 0) is 14.8 Å². The Morgan fingerprint density at radius 2 is 1.91 bits per heavy atom. The molecule has 1 N–H and O–H groups in total. The Morgan fingerprint density at radius 3 is 2.52 bits per heavy atom. The average molecular weight is 344 g/mol. The molecule has 0 bridgehead atoms. The van der Waals surface area contributed by atoms with Gasteiger partial charge in [0.05, 0.1) is 16.9 Å². The second-order valence-electron chi connectivity index (χ2n) is 6.36. The first-order valence-corrected chi connectivity index (χ1v) is 8.82. The summed E-state index contributed by atoms with van der Waals surface area (Å²) in [5, 5.41) is 2.55. The minimum absolute atomic E-state index is 0.00579. The Morgan fingerprint density at radius 1 is 1.22 bits per heavy atom. The van der Waals surface area contributed by atoms with Crippen molar-refractivity contribution in [2.75, 3.05) is 19.6 Å². The largest absolute Gasteiger partial charge is 0.356 e. The Kier molecular flexibility index (Phi) is 3.72. The van der Waals surface area contributed by atoms with Gasteiger partial charge in [0.2, 0.25) is 15.9 Å². The highest BCUT2D eigenvalue weighted by Crippen LogP contribution is 2.44. The second kappa shape index (κ2) is 5.24. The number of halogens is 2. The third-order valence-electron chi connectivity index (χ3n) is 4.57. The van der Waals surface area contributed by atoms with Crippen molar-refractivity contribution in [3.8, 4) is 0 Å². The number of carbonyl (C=O) groups is 1. The summed E-state index contributed by atoms with van der Waals surface area (Å²) < 4.78 is 54.7. The van der Waals surface area contributed by atoms with E-state index < -0.39 is 40.2 Å². The summed E-state index contributed by atoms with van der Waals surface area (Å²) in [5.41, 5.74) is -0.844. The van der Waals surface area contributed by atoms with Gasteiger partial charge in [-0.3, -0.25) is 4.79 Å². The number of sulfonamides is 1. The van der Waals surface area contributed by atoms with Crippen LogP contribution in [0.15, 0.2) is 29.2 Å². The molecular weight excluding hydrogens is 326 g/mol. The summed E-state index contributed by atoms with van der Waals surface area (Å²) in [5.74, 6) is -3.71. The van der Waals surface area contributed by atoms with Gasteiger partial charge in [0.15, 0.2) is 0 Å². The number of nitrogens with zero attached hydrogens (tertiary/aromatic N) is 1. The van der Waals surface area contributed by atoms with Crippen molar-refractivity contribution in [2.45, 2.75) is 30.6 Å². The third-order valence-corrected chi connectivity index (χ3v) is 6.52. The molecule has 0 aliphatic carbocycles. The highest BCUT2D eigenvalue weighted by atomic mass is 32.2. The van der Waals surface area contributed by atoms with Gasteiger partial charge in [-0.25, -0.2) is 17.2 Å². The first-order valence-electron chi connectivity index (χ1n) is 7.38. The Balaban J connectivity index is 2.02. The number of alkyl halides is 2. The summed E-state index contributed by atoms with van der Waals surface area (Å²) in [4.78, 5) is 12.1. The van der Waals surface area contributed by atoms with E-state index in [9.17, 15) is 22.0 Å². The highest BCUT2D eigenvalue weighted by molar-refractivity contribution is 7.89. The molecule has 1 aromatic rings. The van der Waals surface area contributed by atoms with Crippen molar-refractivity contribution in [3.63, 3.8) is 0 Å². The standard InChI is InChI=1S/C15H18F2N2O3S/c1-11-4-2-3-5-12(11)23(21,22)19-9-14(6-7-18-13(14)20)8-15(16,17)10-19/h2-5H,6-10H2,1H3,(H,18,20)/t14-/m0/s1. The van der Waals surface area contributed by atoms with Crippen LogP contribution >= 0.6 is 0 Å². The lowest BCUT2D eigenvalue weighted by Crippen LogP contribution is -2.56. The summed E-state index contributed by atoms with van der Waals surface area (Å²) in [7, 11) is -4.08. The molecule has 1 amide bonds. The first-order chi connectivity index (χ1) is 10.7. The number of hydrogen-bond acceptors (Lipinski definition) is 3. The summed E-state index contributed by atoms with van der Waals surface area (Å²) in [6.07, 6.45) is -0.382. The van der Waals surface area contributed by atoms with E-state index in [1.54, 1.807) is 25.1 Å². The van der Waals surface area contributed by atoms with Gasteiger partial charge >= 0.3 is 0 Å². The molecule has 8 heteroatoms. The predicted molar refractivity (Wildman–Crippen MR) is 79.6 cm³/mol. The van der Waals surface area contributed by atoms with Gasteiger partial charge < -0.3 is 5.32 Å². The fourth-order valence-corrected chi connectivity index (χ4v) is 5.23. The van der Waals surface area contributed by atoms with E-state index in [-0.39, 0.29) is 17.9 Å². The molecule has 0 radical (unpaired) electrons. The number of rotatable bonds is 2. The van der Waals surface area contributed by atoms with Gasteiger partial charge in [-0.2, -0.15) is 4.31 Å². The van der Waals surface area contributed by atoms with Crippen molar-refractivity contribution in [2.24, 2.45) is 5.41 Å². The van der Waals surface area contributed by atoms with Crippen LogP contribution in [0.1, 0.15) is 18.4 Å². The van der Waals surface area contributed by atoms with Crippen molar-refractivity contribution in [3.05, 3.63) is 29.8 Å². The molecule has 3 rings (SSSR count). The fraction of sp³-hybridized carbons (Fsp3) is 0.533. The molecule has 23 heavy (non-hydrogen) atoms. The number of carbonyl (C=O) groups excluding carboxylic acids is 1. The number of benzene rings is 1. The molecule has 1 aromatic carbocycles. The average Bonchev–Trinajstić information content (AvgIpc) is 2.77.